The second-order valence-corrected chi connectivity index (χ2v) is 9.56. The number of carboxylic acids is 1. The Hall–Kier alpha value is -3.14. The Labute approximate surface area is 219 Å². The van der Waals surface area contributed by atoms with Gasteiger partial charge in [-0.25, -0.2) is 9.59 Å². The van der Waals surface area contributed by atoms with E-state index < -0.39 is 35.4 Å². The summed E-state index contributed by atoms with van der Waals surface area (Å²) in [5.74, 6) is -2.45. The van der Waals surface area contributed by atoms with Crippen LogP contribution in [-0.4, -0.2) is 46.5 Å². The van der Waals surface area contributed by atoms with Crippen molar-refractivity contribution in [3.8, 4) is 11.5 Å². The Morgan fingerprint density at radius 1 is 0.919 bits per heavy atom. The Balaban J connectivity index is 3.45. The van der Waals surface area contributed by atoms with Crippen molar-refractivity contribution in [3.63, 3.8) is 0 Å². The molecule has 0 fully saturated rings. The summed E-state index contributed by atoms with van der Waals surface area (Å²) in [5.41, 5.74) is -2.68. The van der Waals surface area contributed by atoms with Crippen molar-refractivity contribution in [2.45, 2.75) is 111 Å². The number of nitrogens with one attached hydrogen (secondary N) is 1. The number of rotatable bonds is 15. The molecule has 0 aliphatic heterocycles. The summed E-state index contributed by atoms with van der Waals surface area (Å²) in [5, 5.41) is 13.1. The lowest BCUT2D eigenvalue weighted by Crippen LogP contribution is -2.60. The van der Waals surface area contributed by atoms with E-state index in [4.69, 9.17) is 18.9 Å². The highest BCUT2D eigenvalue weighted by atomic mass is 16.8. The summed E-state index contributed by atoms with van der Waals surface area (Å²) < 4.78 is 21.6. The van der Waals surface area contributed by atoms with Crippen LogP contribution in [0.4, 0.5) is 4.79 Å². The average Bonchev–Trinajstić information content (AvgIpc) is 2.80. The molecule has 1 rings (SSSR count). The molecular formula is C27H41NO9. The third kappa shape index (κ3) is 10.4. The summed E-state index contributed by atoms with van der Waals surface area (Å²) >= 11 is 0. The zero-order chi connectivity index (χ0) is 28.2. The van der Waals surface area contributed by atoms with E-state index in [2.05, 4.69) is 5.32 Å². The van der Waals surface area contributed by atoms with Gasteiger partial charge >= 0.3 is 24.1 Å². The fraction of sp³-hybridized carbons (Fsp3) is 0.630. The zero-order valence-corrected chi connectivity index (χ0v) is 23.0. The molecule has 0 saturated heterocycles. The molecule has 208 valence electrons. The number of carbonyl (C=O) groups excluding carboxylic acids is 3. The molecule has 1 aromatic rings. The lowest BCUT2D eigenvalue weighted by molar-refractivity contribution is -0.169. The molecule has 0 heterocycles. The summed E-state index contributed by atoms with van der Waals surface area (Å²) in [7, 11) is 0. The molecule has 0 aromatic heterocycles. The molecule has 2 atom stereocenters. The highest BCUT2D eigenvalue weighted by Gasteiger charge is 2.45. The van der Waals surface area contributed by atoms with E-state index in [1.54, 1.807) is 20.8 Å². The van der Waals surface area contributed by atoms with Crippen LogP contribution in [0.1, 0.15) is 92.6 Å². The van der Waals surface area contributed by atoms with Gasteiger partial charge in [0.15, 0.2) is 11.5 Å². The minimum absolute atomic E-state index is 0.0297. The molecule has 0 amide bonds. The van der Waals surface area contributed by atoms with E-state index in [1.165, 1.54) is 18.2 Å². The summed E-state index contributed by atoms with van der Waals surface area (Å²) in [4.78, 5) is 49.5. The molecule has 1 unspecified atom stereocenters. The molecule has 0 spiro atoms. The monoisotopic (exact) mass is 523 g/mol. The van der Waals surface area contributed by atoms with Gasteiger partial charge in [0, 0.05) is 25.3 Å². The molecule has 0 aliphatic carbocycles. The van der Waals surface area contributed by atoms with Crippen LogP contribution < -0.4 is 14.8 Å². The van der Waals surface area contributed by atoms with Crippen molar-refractivity contribution in [1.82, 2.24) is 5.32 Å². The van der Waals surface area contributed by atoms with Crippen molar-refractivity contribution in [2.75, 3.05) is 0 Å². The Bertz CT molecular complexity index is 944. The first-order valence-corrected chi connectivity index (χ1v) is 12.8. The van der Waals surface area contributed by atoms with E-state index in [9.17, 15) is 24.3 Å². The van der Waals surface area contributed by atoms with E-state index in [0.29, 0.717) is 31.2 Å². The van der Waals surface area contributed by atoms with E-state index >= 15 is 0 Å². The van der Waals surface area contributed by atoms with Crippen LogP contribution in [-0.2, 0) is 30.3 Å². The highest BCUT2D eigenvalue weighted by molar-refractivity contribution is 5.81. The van der Waals surface area contributed by atoms with Gasteiger partial charge < -0.3 is 24.1 Å². The smallest absolute Gasteiger partial charge is 0.477 e. The van der Waals surface area contributed by atoms with Crippen LogP contribution in [0.25, 0.3) is 0 Å². The van der Waals surface area contributed by atoms with Gasteiger partial charge in [-0.15, -0.1) is 0 Å². The third-order valence-electron chi connectivity index (χ3n) is 5.72. The zero-order valence-electron chi connectivity index (χ0n) is 23.0. The van der Waals surface area contributed by atoms with Gasteiger partial charge in [0.2, 0.25) is 0 Å². The highest BCUT2D eigenvalue weighted by Crippen LogP contribution is 2.32. The molecule has 0 aliphatic rings. The largest absolute Gasteiger partial charge is 0.511 e. The molecule has 0 radical (unpaired) electrons. The number of esters is 2. The van der Waals surface area contributed by atoms with Gasteiger partial charge in [-0.2, -0.15) is 0 Å². The fourth-order valence-corrected chi connectivity index (χ4v) is 3.13. The summed E-state index contributed by atoms with van der Waals surface area (Å²) in [6, 6.07) is 4.01. The van der Waals surface area contributed by atoms with Crippen LogP contribution in [0.15, 0.2) is 18.2 Å². The van der Waals surface area contributed by atoms with Crippen LogP contribution in [0.3, 0.4) is 0 Å². The number of carbonyl (C=O) groups is 4. The molecule has 0 saturated carbocycles. The van der Waals surface area contributed by atoms with E-state index in [1.807, 2.05) is 27.7 Å². The maximum absolute atomic E-state index is 12.6. The van der Waals surface area contributed by atoms with Gasteiger partial charge in [0.25, 0.3) is 5.72 Å². The molecule has 2 N–H and O–H groups in total. The number of ether oxygens (including phenoxy) is 4. The van der Waals surface area contributed by atoms with E-state index in [-0.39, 0.29) is 36.8 Å². The Morgan fingerprint density at radius 2 is 1.49 bits per heavy atom. The Morgan fingerprint density at radius 3 is 1.97 bits per heavy atom. The molecule has 1 aromatic carbocycles. The lowest BCUT2D eigenvalue weighted by Gasteiger charge is -2.34. The van der Waals surface area contributed by atoms with Crippen LogP contribution >= 0.6 is 0 Å². The van der Waals surface area contributed by atoms with Gasteiger partial charge in [0.05, 0.1) is 0 Å². The number of hydrogen-bond donors (Lipinski definition) is 2. The van der Waals surface area contributed by atoms with Crippen LogP contribution in [0.5, 0.6) is 11.5 Å². The molecule has 0 bridgehead atoms. The quantitative estimate of drug-likeness (QED) is 0.180. The minimum Gasteiger partial charge on any atom is -0.477 e. The molecule has 10 nitrogen and oxygen atoms in total. The SMILES string of the molecule is CCCC(=O)Oc1ccc(C[C@](NC(C)CC)(OC(=O)OC(C)(C)CC)C(=O)O)cc1OC(=O)CCC. The number of hydrogen-bond acceptors (Lipinski definition) is 9. The maximum Gasteiger partial charge on any atom is 0.511 e. The van der Waals surface area contributed by atoms with Gasteiger partial charge in [0.1, 0.15) is 5.60 Å². The van der Waals surface area contributed by atoms with Gasteiger partial charge in [-0.1, -0.05) is 33.8 Å². The average molecular weight is 524 g/mol. The van der Waals surface area contributed by atoms with Gasteiger partial charge in [-0.3, -0.25) is 14.9 Å². The standard InChI is InChI=1S/C27H41NO9/c1-8-12-22(29)34-20-15-14-19(16-21(20)35-23(30)13-9-2)17-27(24(31)32,28-18(5)10-3)37-25(33)36-26(6,7)11-4/h14-16,18,28H,8-13,17H2,1-7H3,(H,31,32)/t18?,27-/m0/s1. The van der Waals surface area contributed by atoms with Crippen molar-refractivity contribution in [2.24, 2.45) is 0 Å². The van der Waals surface area contributed by atoms with Crippen molar-refractivity contribution < 1.29 is 43.2 Å². The van der Waals surface area contributed by atoms with Crippen LogP contribution in [0.2, 0.25) is 0 Å². The first-order valence-electron chi connectivity index (χ1n) is 12.8. The van der Waals surface area contributed by atoms with Crippen molar-refractivity contribution in [3.05, 3.63) is 23.8 Å². The van der Waals surface area contributed by atoms with Gasteiger partial charge in [-0.05, 0) is 64.2 Å². The second-order valence-electron chi connectivity index (χ2n) is 9.56. The number of aliphatic carboxylic acids is 1. The summed E-state index contributed by atoms with van der Waals surface area (Å²) in [6.07, 6.45) is 1.03. The Kier molecular flexibility index (Phi) is 12.6. The molecular weight excluding hydrogens is 482 g/mol. The second kappa shape index (κ2) is 14.6. The first-order chi connectivity index (χ1) is 17.3. The topological polar surface area (TPSA) is 137 Å². The van der Waals surface area contributed by atoms with Crippen molar-refractivity contribution in [1.29, 1.82) is 0 Å². The summed E-state index contributed by atoms with van der Waals surface area (Å²) in [6.45, 7) is 12.5. The predicted molar refractivity (Wildman–Crippen MR) is 136 cm³/mol. The van der Waals surface area contributed by atoms with Crippen molar-refractivity contribution >= 4 is 24.1 Å². The fourth-order valence-electron chi connectivity index (χ4n) is 3.13. The van der Waals surface area contributed by atoms with Crippen LogP contribution in [0, 0.1) is 0 Å². The third-order valence-corrected chi connectivity index (χ3v) is 5.72. The molecule has 10 heteroatoms. The molecule has 37 heavy (non-hydrogen) atoms. The van der Waals surface area contributed by atoms with E-state index in [0.717, 1.165) is 0 Å². The lowest BCUT2D eigenvalue weighted by atomic mass is 10.00. The first kappa shape index (κ1) is 31.9. The normalized spacial score (nSPS) is 13.7. The minimum atomic E-state index is -2.18. The number of benzene rings is 1. The number of carboxylic acid groups (broad SMARTS) is 1. The predicted octanol–water partition coefficient (Wildman–Crippen LogP) is 5.15. The maximum atomic E-state index is 12.6.